The molecule has 0 bridgehead atoms. The first-order valence-corrected chi connectivity index (χ1v) is 10.9. The van der Waals surface area contributed by atoms with Crippen molar-refractivity contribution in [1.82, 2.24) is 15.0 Å². The number of likely N-dealkylation sites (tertiary alicyclic amines) is 1. The van der Waals surface area contributed by atoms with Crippen molar-refractivity contribution >= 4 is 5.91 Å². The van der Waals surface area contributed by atoms with Gasteiger partial charge >= 0.3 is 0 Å². The maximum atomic E-state index is 12.9. The zero-order valence-corrected chi connectivity index (χ0v) is 18.8. The van der Waals surface area contributed by atoms with E-state index in [0.29, 0.717) is 48.5 Å². The molecule has 3 aromatic rings. The third kappa shape index (κ3) is 4.93. The number of methoxy groups -OCH3 is 2. The molecular formula is C25H29N3O4. The van der Waals surface area contributed by atoms with E-state index in [2.05, 4.69) is 10.1 Å². The van der Waals surface area contributed by atoms with Crippen molar-refractivity contribution < 1.29 is 18.8 Å². The Kier molecular flexibility index (Phi) is 6.73. The van der Waals surface area contributed by atoms with Crippen LogP contribution in [0.4, 0.5) is 0 Å². The topological polar surface area (TPSA) is 77.7 Å². The largest absolute Gasteiger partial charge is 0.493 e. The molecule has 0 saturated carbocycles. The normalized spacial score (nSPS) is 16.1. The zero-order chi connectivity index (χ0) is 22.5. The first-order valence-electron chi connectivity index (χ1n) is 10.9. The van der Waals surface area contributed by atoms with Crippen molar-refractivity contribution in [3.05, 3.63) is 59.5 Å². The Bertz CT molecular complexity index is 1080. The van der Waals surface area contributed by atoms with Crippen molar-refractivity contribution in [2.75, 3.05) is 27.3 Å². The molecule has 4 rings (SSSR count). The van der Waals surface area contributed by atoms with Gasteiger partial charge in [-0.2, -0.15) is 4.98 Å². The van der Waals surface area contributed by atoms with Crippen LogP contribution in [0, 0.1) is 12.8 Å². The number of aromatic nitrogens is 2. The second-order valence-electron chi connectivity index (χ2n) is 8.24. The van der Waals surface area contributed by atoms with Gasteiger partial charge in [-0.25, -0.2) is 0 Å². The average molecular weight is 436 g/mol. The number of rotatable bonds is 7. The fourth-order valence-electron chi connectivity index (χ4n) is 4.25. The van der Waals surface area contributed by atoms with Gasteiger partial charge in [-0.1, -0.05) is 35.5 Å². The Hall–Kier alpha value is -3.35. The molecule has 1 unspecified atom stereocenters. The molecule has 1 amide bonds. The second-order valence-corrected chi connectivity index (χ2v) is 8.24. The Morgan fingerprint density at radius 3 is 2.75 bits per heavy atom. The average Bonchev–Trinajstić information content (AvgIpc) is 3.27. The number of hydrogen-bond acceptors (Lipinski definition) is 6. The molecule has 1 aliphatic rings. The standard InChI is InChI=1S/C25H29N3O4/c1-17-7-4-5-9-20(17)25-26-23(32-27-25)14-19-8-6-12-28(16-19)24(29)15-18-10-11-21(30-2)22(13-18)31-3/h4-5,7,9-11,13,19H,6,8,12,14-16H2,1-3H3. The molecule has 1 aromatic heterocycles. The predicted molar refractivity (Wildman–Crippen MR) is 121 cm³/mol. The lowest BCUT2D eigenvalue weighted by Crippen LogP contribution is -2.41. The van der Waals surface area contributed by atoms with Crippen molar-refractivity contribution in [2.24, 2.45) is 5.92 Å². The molecule has 1 saturated heterocycles. The van der Waals surface area contributed by atoms with Gasteiger partial charge in [0.25, 0.3) is 0 Å². The molecule has 1 aliphatic heterocycles. The highest BCUT2D eigenvalue weighted by Gasteiger charge is 2.26. The Morgan fingerprint density at radius 2 is 1.97 bits per heavy atom. The second kappa shape index (κ2) is 9.85. The van der Waals surface area contributed by atoms with Crippen molar-refractivity contribution in [3.63, 3.8) is 0 Å². The molecule has 2 aromatic carbocycles. The number of carbonyl (C=O) groups excluding carboxylic acids is 1. The maximum absolute atomic E-state index is 12.9. The monoisotopic (exact) mass is 435 g/mol. The van der Waals surface area contributed by atoms with Crippen molar-refractivity contribution in [2.45, 2.75) is 32.6 Å². The highest BCUT2D eigenvalue weighted by molar-refractivity contribution is 5.79. The lowest BCUT2D eigenvalue weighted by molar-refractivity contribution is -0.132. The summed E-state index contributed by atoms with van der Waals surface area (Å²) in [6.45, 7) is 3.52. The molecule has 0 aliphatic carbocycles. The Balaban J connectivity index is 1.37. The Morgan fingerprint density at radius 1 is 1.16 bits per heavy atom. The number of hydrogen-bond donors (Lipinski definition) is 0. The predicted octanol–water partition coefficient (Wildman–Crippen LogP) is 4.09. The molecule has 168 valence electrons. The number of benzene rings is 2. The maximum Gasteiger partial charge on any atom is 0.227 e. The number of ether oxygens (including phenoxy) is 2. The lowest BCUT2D eigenvalue weighted by atomic mass is 9.94. The molecule has 32 heavy (non-hydrogen) atoms. The van der Waals surface area contributed by atoms with Gasteiger partial charge in [0.15, 0.2) is 11.5 Å². The summed E-state index contributed by atoms with van der Waals surface area (Å²) in [5.74, 6) is 2.97. The number of nitrogens with zero attached hydrogens (tertiary/aromatic N) is 3. The summed E-state index contributed by atoms with van der Waals surface area (Å²) < 4.78 is 16.2. The highest BCUT2D eigenvalue weighted by Crippen LogP contribution is 2.28. The van der Waals surface area contributed by atoms with Crippen LogP contribution in [0.15, 0.2) is 47.0 Å². The van der Waals surface area contributed by atoms with E-state index in [9.17, 15) is 4.79 Å². The number of carbonyl (C=O) groups is 1. The van der Waals surface area contributed by atoms with E-state index in [1.807, 2.05) is 54.3 Å². The van der Waals surface area contributed by atoms with Crippen molar-refractivity contribution in [3.8, 4) is 22.9 Å². The first-order chi connectivity index (χ1) is 15.6. The smallest absolute Gasteiger partial charge is 0.227 e. The van der Waals surface area contributed by atoms with Crippen LogP contribution >= 0.6 is 0 Å². The van der Waals surface area contributed by atoms with Gasteiger partial charge in [0.2, 0.25) is 17.6 Å². The lowest BCUT2D eigenvalue weighted by Gasteiger charge is -2.32. The summed E-state index contributed by atoms with van der Waals surface area (Å²) in [5.41, 5.74) is 3.01. The van der Waals surface area contributed by atoms with Gasteiger partial charge in [-0.3, -0.25) is 4.79 Å². The van der Waals surface area contributed by atoms with Crippen LogP contribution in [0.2, 0.25) is 0 Å². The summed E-state index contributed by atoms with van der Waals surface area (Å²) >= 11 is 0. The van der Waals surface area contributed by atoms with E-state index in [0.717, 1.165) is 36.1 Å². The summed E-state index contributed by atoms with van der Waals surface area (Å²) in [7, 11) is 3.20. The number of piperidine rings is 1. The molecule has 2 heterocycles. The molecule has 7 heteroatoms. The van der Waals surface area contributed by atoms with Crippen LogP contribution in [0.25, 0.3) is 11.4 Å². The van der Waals surface area contributed by atoms with Crippen LogP contribution < -0.4 is 9.47 Å². The van der Waals surface area contributed by atoms with Crippen LogP contribution in [-0.4, -0.2) is 48.3 Å². The summed E-state index contributed by atoms with van der Waals surface area (Å²) in [6.07, 6.45) is 3.04. The van der Waals surface area contributed by atoms with E-state index < -0.39 is 0 Å². The quantitative estimate of drug-likeness (QED) is 0.556. The Labute approximate surface area is 188 Å². The minimum atomic E-state index is 0.119. The third-order valence-electron chi connectivity index (χ3n) is 5.99. The summed E-state index contributed by atoms with van der Waals surface area (Å²) in [6, 6.07) is 13.6. The number of aryl methyl sites for hydroxylation is 1. The molecule has 7 nitrogen and oxygen atoms in total. The van der Waals surface area contributed by atoms with Crippen LogP contribution in [0.1, 0.15) is 29.9 Å². The highest BCUT2D eigenvalue weighted by atomic mass is 16.5. The molecule has 0 N–H and O–H groups in total. The fraction of sp³-hybridized carbons (Fsp3) is 0.400. The molecule has 1 fully saturated rings. The zero-order valence-electron chi connectivity index (χ0n) is 18.8. The van der Waals surface area contributed by atoms with E-state index in [1.54, 1.807) is 14.2 Å². The van der Waals surface area contributed by atoms with Gasteiger partial charge in [-0.05, 0) is 48.9 Å². The van der Waals surface area contributed by atoms with E-state index in [-0.39, 0.29) is 5.91 Å². The fourth-order valence-corrected chi connectivity index (χ4v) is 4.25. The van der Waals surface area contributed by atoms with Crippen LogP contribution in [0.3, 0.4) is 0 Å². The van der Waals surface area contributed by atoms with Gasteiger partial charge in [0.05, 0.1) is 20.6 Å². The van der Waals surface area contributed by atoms with E-state index >= 15 is 0 Å². The van der Waals surface area contributed by atoms with Crippen molar-refractivity contribution in [1.29, 1.82) is 0 Å². The summed E-state index contributed by atoms with van der Waals surface area (Å²) in [5, 5.41) is 4.16. The van der Waals surface area contributed by atoms with Gasteiger partial charge in [0.1, 0.15) is 0 Å². The minimum absolute atomic E-state index is 0.119. The van der Waals surface area contributed by atoms with Gasteiger partial charge < -0.3 is 18.9 Å². The van der Waals surface area contributed by atoms with Crippen LogP contribution in [0.5, 0.6) is 11.5 Å². The molecular weight excluding hydrogens is 406 g/mol. The third-order valence-corrected chi connectivity index (χ3v) is 5.99. The summed E-state index contributed by atoms with van der Waals surface area (Å²) in [4.78, 5) is 19.5. The number of amides is 1. The van der Waals surface area contributed by atoms with E-state index in [1.165, 1.54) is 0 Å². The van der Waals surface area contributed by atoms with Gasteiger partial charge in [-0.15, -0.1) is 0 Å². The first kappa shape index (κ1) is 21.9. The minimum Gasteiger partial charge on any atom is -0.493 e. The van der Waals surface area contributed by atoms with Crippen LogP contribution in [-0.2, 0) is 17.6 Å². The molecule has 0 radical (unpaired) electrons. The molecule has 1 atom stereocenters. The SMILES string of the molecule is COc1ccc(CC(=O)N2CCCC(Cc3nc(-c4ccccc4C)no3)C2)cc1OC. The van der Waals surface area contributed by atoms with E-state index in [4.69, 9.17) is 14.0 Å². The van der Waals surface area contributed by atoms with Gasteiger partial charge in [0, 0.05) is 25.1 Å². The molecule has 0 spiro atoms.